The van der Waals surface area contributed by atoms with E-state index in [2.05, 4.69) is 15.3 Å². The van der Waals surface area contributed by atoms with Crippen molar-refractivity contribution in [2.24, 2.45) is 0 Å². The highest BCUT2D eigenvalue weighted by molar-refractivity contribution is 6.01. The minimum absolute atomic E-state index is 0.241. The number of nitrogens with one attached hydrogen (secondary N) is 1. The number of hydrogen-bond donors (Lipinski definition) is 1. The van der Waals surface area contributed by atoms with Crippen molar-refractivity contribution in [1.29, 1.82) is 0 Å². The quantitative estimate of drug-likeness (QED) is 0.616. The van der Waals surface area contributed by atoms with E-state index in [1.165, 1.54) is 11.0 Å². The Morgan fingerprint density at radius 3 is 2.13 bits per heavy atom. The van der Waals surface area contributed by atoms with Crippen molar-refractivity contribution >= 4 is 28.5 Å². The molecule has 0 aliphatic carbocycles. The highest BCUT2D eigenvalue weighted by Gasteiger charge is 2.20. The van der Waals surface area contributed by atoms with Crippen LogP contribution in [0.3, 0.4) is 0 Å². The summed E-state index contributed by atoms with van der Waals surface area (Å²) >= 11 is 0. The smallest absolute Gasteiger partial charge is 0.254 e. The van der Waals surface area contributed by atoms with Gasteiger partial charge >= 0.3 is 0 Å². The Morgan fingerprint density at radius 1 is 0.935 bits per heavy atom. The van der Waals surface area contributed by atoms with Crippen molar-refractivity contribution in [3.63, 3.8) is 0 Å². The van der Waals surface area contributed by atoms with E-state index < -0.39 is 23.2 Å². The molecular weight excluding hydrogens is 402 g/mol. The Kier molecular flexibility index (Phi) is 6.89. The van der Waals surface area contributed by atoms with E-state index in [0.717, 1.165) is 36.4 Å². The molecule has 0 aliphatic rings. The largest absolute Gasteiger partial charge is 0.330 e. The number of carbonyl (C=O) groups excluding carboxylic acids is 2. The number of amides is 2. The van der Waals surface area contributed by atoms with Crippen LogP contribution < -0.4 is 5.32 Å². The van der Waals surface area contributed by atoms with Gasteiger partial charge < -0.3 is 10.2 Å². The van der Waals surface area contributed by atoms with E-state index in [0.29, 0.717) is 16.6 Å². The van der Waals surface area contributed by atoms with Crippen LogP contribution in [-0.4, -0.2) is 39.8 Å². The van der Waals surface area contributed by atoms with Crippen LogP contribution in [0.1, 0.15) is 42.5 Å². The standard InChI is InChI=1S/C23H24F2N4O2/c1-4-17-18(5-2)27-20-12-14(10-11-19(20)26-17)23(31)29(6-3)13-21(30)28-22-15(24)8-7-9-16(22)25/h7-12H,4-6,13H2,1-3H3,(H,28,30). The SMILES string of the molecule is CCc1nc2ccc(C(=O)N(CC)CC(=O)Nc3c(F)cccc3F)cc2nc1CC. The van der Waals surface area contributed by atoms with E-state index in [-0.39, 0.29) is 19.0 Å². The van der Waals surface area contributed by atoms with Crippen molar-refractivity contribution in [3.05, 3.63) is 65.0 Å². The van der Waals surface area contributed by atoms with Gasteiger partial charge in [-0.05, 0) is 50.1 Å². The van der Waals surface area contributed by atoms with Gasteiger partial charge in [-0.2, -0.15) is 0 Å². The zero-order chi connectivity index (χ0) is 22.5. The van der Waals surface area contributed by atoms with Crippen LogP contribution in [-0.2, 0) is 17.6 Å². The average molecular weight is 426 g/mol. The molecule has 1 aromatic heterocycles. The highest BCUT2D eigenvalue weighted by atomic mass is 19.1. The fourth-order valence-electron chi connectivity index (χ4n) is 3.31. The molecule has 3 aromatic rings. The first kappa shape index (κ1) is 22.3. The molecule has 0 spiro atoms. The lowest BCUT2D eigenvalue weighted by Crippen LogP contribution is -2.38. The zero-order valence-corrected chi connectivity index (χ0v) is 17.7. The van der Waals surface area contributed by atoms with Crippen molar-refractivity contribution in [3.8, 4) is 0 Å². The maximum atomic E-state index is 13.8. The minimum Gasteiger partial charge on any atom is -0.330 e. The highest BCUT2D eigenvalue weighted by Crippen LogP contribution is 2.19. The Bertz CT molecular complexity index is 1110. The van der Waals surface area contributed by atoms with Crippen LogP contribution in [0.4, 0.5) is 14.5 Å². The van der Waals surface area contributed by atoms with Gasteiger partial charge in [0.2, 0.25) is 5.91 Å². The van der Waals surface area contributed by atoms with E-state index in [9.17, 15) is 18.4 Å². The second kappa shape index (κ2) is 9.59. The van der Waals surface area contributed by atoms with Crippen LogP contribution in [0.5, 0.6) is 0 Å². The van der Waals surface area contributed by atoms with Gasteiger partial charge in [0, 0.05) is 12.1 Å². The van der Waals surface area contributed by atoms with Crippen LogP contribution >= 0.6 is 0 Å². The summed E-state index contributed by atoms with van der Waals surface area (Å²) in [6.07, 6.45) is 1.51. The van der Waals surface area contributed by atoms with Gasteiger partial charge in [-0.25, -0.2) is 18.7 Å². The maximum absolute atomic E-state index is 13.8. The lowest BCUT2D eigenvalue weighted by molar-refractivity contribution is -0.116. The third-order valence-corrected chi connectivity index (χ3v) is 4.97. The second-order valence-corrected chi connectivity index (χ2v) is 6.99. The van der Waals surface area contributed by atoms with Gasteiger partial charge in [0.25, 0.3) is 5.91 Å². The summed E-state index contributed by atoms with van der Waals surface area (Å²) in [5, 5.41) is 2.20. The van der Waals surface area contributed by atoms with E-state index >= 15 is 0 Å². The molecule has 6 nitrogen and oxygen atoms in total. The van der Waals surface area contributed by atoms with E-state index in [4.69, 9.17) is 0 Å². The summed E-state index contributed by atoms with van der Waals surface area (Å²) in [6, 6.07) is 8.33. The molecule has 1 heterocycles. The molecule has 1 N–H and O–H groups in total. The van der Waals surface area contributed by atoms with Gasteiger partial charge in [0.15, 0.2) is 0 Å². The molecule has 0 saturated carbocycles. The van der Waals surface area contributed by atoms with Gasteiger partial charge in [-0.15, -0.1) is 0 Å². The van der Waals surface area contributed by atoms with Crippen LogP contribution in [0.15, 0.2) is 36.4 Å². The topological polar surface area (TPSA) is 75.2 Å². The number of para-hydroxylation sites is 1. The van der Waals surface area contributed by atoms with Crippen molar-refractivity contribution in [2.75, 3.05) is 18.4 Å². The summed E-state index contributed by atoms with van der Waals surface area (Å²) in [4.78, 5) is 35.8. The number of carbonyl (C=O) groups is 2. The molecule has 2 aromatic carbocycles. The first-order valence-electron chi connectivity index (χ1n) is 10.2. The number of aromatic nitrogens is 2. The molecule has 31 heavy (non-hydrogen) atoms. The predicted octanol–water partition coefficient (Wildman–Crippen LogP) is 4.13. The number of nitrogens with zero attached hydrogens (tertiary/aromatic N) is 3. The monoisotopic (exact) mass is 426 g/mol. The van der Waals surface area contributed by atoms with Gasteiger partial charge in [-0.1, -0.05) is 19.9 Å². The molecule has 8 heteroatoms. The molecule has 0 bridgehead atoms. The summed E-state index contributed by atoms with van der Waals surface area (Å²) in [5.74, 6) is -2.84. The average Bonchev–Trinajstić information content (AvgIpc) is 2.78. The Hall–Kier alpha value is -3.42. The Morgan fingerprint density at radius 2 is 1.55 bits per heavy atom. The molecule has 0 radical (unpaired) electrons. The second-order valence-electron chi connectivity index (χ2n) is 6.99. The van der Waals surface area contributed by atoms with Crippen LogP contribution in [0.25, 0.3) is 11.0 Å². The van der Waals surface area contributed by atoms with Gasteiger partial charge in [0.1, 0.15) is 23.9 Å². The molecule has 3 rings (SSSR count). The molecule has 2 amide bonds. The first-order valence-corrected chi connectivity index (χ1v) is 10.2. The van der Waals surface area contributed by atoms with E-state index in [1.54, 1.807) is 25.1 Å². The number of halogens is 2. The maximum Gasteiger partial charge on any atom is 0.254 e. The number of benzene rings is 2. The zero-order valence-electron chi connectivity index (χ0n) is 17.7. The molecule has 0 unspecified atom stereocenters. The molecule has 0 fully saturated rings. The number of rotatable bonds is 7. The lowest BCUT2D eigenvalue weighted by Gasteiger charge is -2.21. The number of likely N-dealkylation sites (N-methyl/N-ethyl adjacent to an activating group) is 1. The molecule has 0 aliphatic heterocycles. The molecule has 162 valence electrons. The normalized spacial score (nSPS) is 10.9. The fraction of sp³-hybridized carbons (Fsp3) is 0.304. The first-order chi connectivity index (χ1) is 14.9. The van der Waals surface area contributed by atoms with Crippen molar-refractivity contribution in [1.82, 2.24) is 14.9 Å². The van der Waals surface area contributed by atoms with Gasteiger partial charge in [-0.3, -0.25) is 9.59 Å². The van der Waals surface area contributed by atoms with Crippen LogP contribution in [0.2, 0.25) is 0 Å². The van der Waals surface area contributed by atoms with E-state index in [1.807, 2.05) is 13.8 Å². The van der Waals surface area contributed by atoms with Crippen molar-refractivity contribution < 1.29 is 18.4 Å². The third kappa shape index (κ3) is 4.84. The number of hydrogen-bond acceptors (Lipinski definition) is 4. The molecular formula is C23H24F2N4O2. The number of fused-ring (bicyclic) bond motifs is 1. The summed E-state index contributed by atoms with van der Waals surface area (Å²) in [6.45, 7) is 5.63. The summed E-state index contributed by atoms with van der Waals surface area (Å²) in [5.41, 5.74) is 2.95. The van der Waals surface area contributed by atoms with Gasteiger partial charge in [0.05, 0.1) is 22.4 Å². The minimum atomic E-state index is -0.881. The van der Waals surface area contributed by atoms with Crippen molar-refractivity contribution in [2.45, 2.75) is 33.6 Å². The Balaban J connectivity index is 1.81. The summed E-state index contributed by atoms with van der Waals surface area (Å²) < 4.78 is 27.5. The third-order valence-electron chi connectivity index (χ3n) is 4.97. The molecule has 0 atom stereocenters. The lowest BCUT2D eigenvalue weighted by atomic mass is 10.1. The number of aryl methyl sites for hydroxylation is 2. The number of anilines is 1. The predicted molar refractivity (Wildman–Crippen MR) is 115 cm³/mol. The summed E-state index contributed by atoms with van der Waals surface area (Å²) in [7, 11) is 0. The molecule has 0 saturated heterocycles. The fourth-order valence-corrected chi connectivity index (χ4v) is 3.31. The van der Waals surface area contributed by atoms with Crippen LogP contribution in [0, 0.1) is 11.6 Å². The Labute approximate surface area is 179 Å².